The lowest BCUT2D eigenvalue weighted by Crippen LogP contribution is -2.23. The van der Waals surface area contributed by atoms with Crippen LogP contribution in [0.4, 0.5) is 5.69 Å². The minimum absolute atomic E-state index is 0.0272. The van der Waals surface area contributed by atoms with E-state index in [1.807, 2.05) is 37.3 Å². The molecule has 5 rings (SSSR count). The molecule has 2 N–H and O–H groups in total. The first-order chi connectivity index (χ1) is 18.8. The highest BCUT2D eigenvalue weighted by Crippen LogP contribution is 2.39. The number of rotatable bonds is 9. The van der Waals surface area contributed by atoms with Gasteiger partial charge < -0.3 is 15.2 Å². The number of hydrogen-bond donors (Lipinski definition) is 2. The molecule has 0 aliphatic carbocycles. The molecule has 0 fully saturated rings. The zero-order valence-corrected chi connectivity index (χ0v) is 22.0. The Kier molecular flexibility index (Phi) is 6.99. The van der Waals surface area contributed by atoms with Crippen molar-refractivity contribution in [2.45, 2.75) is 23.7 Å². The normalized spacial score (nSPS) is 12.3. The first kappa shape index (κ1) is 25.9. The van der Waals surface area contributed by atoms with Crippen LogP contribution in [0.5, 0.6) is 5.75 Å². The number of hydrogen-bond acceptors (Lipinski definition) is 8. The van der Waals surface area contributed by atoms with Gasteiger partial charge in [-0.2, -0.15) is 5.10 Å². The van der Waals surface area contributed by atoms with E-state index in [2.05, 4.69) is 15.3 Å². The van der Waals surface area contributed by atoms with E-state index in [0.29, 0.717) is 34.6 Å². The van der Waals surface area contributed by atoms with Crippen molar-refractivity contribution < 1.29 is 23.1 Å². The van der Waals surface area contributed by atoms with E-state index in [0.717, 1.165) is 5.56 Å². The minimum atomic E-state index is -4.11. The third-order valence-electron chi connectivity index (χ3n) is 6.30. The van der Waals surface area contributed by atoms with Crippen molar-refractivity contribution in [1.29, 1.82) is 0 Å². The number of aryl methyl sites for hydroxylation is 1. The van der Waals surface area contributed by atoms with Crippen molar-refractivity contribution in [3.8, 4) is 17.0 Å². The summed E-state index contributed by atoms with van der Waals surface area (Å²) in [6.45, 7) is 2.37. The van der Waals surface area contributed by atoms with E-state index < -0.39 is 21.2 Å². The summed E-state index contributed by atoms with van der Waals surface area (Å²) in [6.07, 6.45) is 4.19. The topological polar surface area (TPSA) is 136 Å². The van der Waals surface area contributed by atoms with Crippen LogP contribution in [0.25, 0.3) is 22.3 Å². The standard InChI is InChI=1S/C28H25N5O5S/c1-3-33-26-23(24(32-33)18-8-5-4-6-9-18)25(22(17-30-26)28(34)35)31-27(19-10-7-15-29-16-19)39(36,37)21-13-11-20(38-2)12-14-21/h4-17,27H,3H2,1-2H3,(H,30,31)(H,34,35). The number of nitrogens with one attached hydrogen (secondary N) is 1. The summed E-state index contributed by atoms with van der Waals surface area (Å²) in [5, 5.41) is 16.9. The van der Waals surface area contributed by atoms with Gasteiger partial charge in [0.25, 0.3) is 0 Å². The highest BCUT2D eigenvalue weighted by molar-refractivity contribution is 7.91. The Balaban J connectivity index is 1.77. The zero-order chi connectivity index (χ0) is 27.6. The quantitative estimate of drug-likeness (QED) is 0.268. The molecule has 0 spiro atoms. The Morgan fingerprint density at radius 2 is 1.79 bits per heavy atom. The number of aromatic nitrogens is 4. The van der Waals surface area contributed by atoms with Crippen molar-refractivity contribution >= 4 is 32.5 Å². The summed E-state index contributed by atoms with van der Waals surface area (Å²) >= 11 is 0. The minimum Gasteiger partial charge on any atom is -0.497 e. The first-order valence-electron chi connectivity index (χ1n) is 12.1. The zero-order valence-electron chi connectivity index (χ0n) is 21.1. The SMILES string of the molecule is CCn1nc(-c2ccccc2)c2c(NC(c3cccnc3)S(=O)(=O)c3ccc(OC)cc3)c(C(=O)O)cnc21. The molecule has 39 heavy (non-hydrogen) atoms. The fourth-order valence-corrected chi connectivity index (χ4v) is 5.93. The maximum Gasteiger partial charge on any atom is 0.339 e. The Morgan fingerprint density at radius 3 is 2.41 bits per heavy atom. The maximum atomic E-state index is 14.1. The Bertz CT molecular complexity index is 1740. The van der Waals surface area contributed by atoms with Crippen LogP contribution < -0.4 is 10.1 Å². The van der Waals surface area contributed by atoms with Gasteiger partial charge in [0.05, 0.1) is 23.1 Å². The summed E-state index contributed by atoms with van der Waals surface area (Å²) in [5.41, 5.74) is 1.89. The van der Waals surface area contributed by atoms with E-state index in [1.165, 1.54) is 37.8 Å². The van der Waals surface area contributed by atoms with Crippen LogP contribution in [0.3, 0.4) is 0 Å². The van der Waals surface area contributed by atoms with Gasteiger partial charge in [-0.3, -0.25) is 4.98 Å². The third-order valence-corrected chi connectivity index (χ3v) is 8.24. The lowest BCUT2D eigenvalue weighted by molar-refractivity contribution is 0.0697. The highest BCUT2D eigenvalue weighted by atomic mass is 32.2. The van der Waals surface area contributed by atoms with Gasteiger partial charge in [-0.1, -0.05) is 36.4 Å². The van der Waals surface area contributed by atoms with Crippen molar-refractivity contribution in [3.05, 3.63) is 96.4 Å². The average Bonchev–Trinajstić information content (AvgIpc) is 3.35. The second-order valence-electron chi connectivity index (χ2n) is 8.61. The van der Waals surface area contributed by atoms with Crippen LogP contribution in [0.2, 0.25) is 0 Å². The number of aromatic carboxylic acids is 1. The second kappa shape index (κ2) is 10.5. The van der Waals surface area contributed by atoms with E-state index in [9.17, 15) is 18.3 Å². The van der Waals surface area contributed by atoms with Crippen LogP contribution in [0.1, 0.15) is 28.2 Å². The molecule has 0 aliphatic rings. The number of fused-ring (bicyclic) bond motifs is 1. The van der Waals surface area contributed by atoms with Gasteiger partial charge in [0.1, 0.15) is 17.0 Å². The number of carboxylic acids is 1. The Hall–Kier alpha value is -4.77. The number of pyridine rings is 2. The summed E-state index contributed by atoms with van der Waals surface area (Å²) in [5.74, 6) is -0.759. The molecule has 0 amide bonds. The second-order valence-corrected chi connectivity index (χ2v) is 10.6. The maximum absolute atomic E-state index is 14.1. The monoisotopic (exact) mass is 543 g/mol. The van der Waals surface area contributed by atoms with Gasteiger partial charge in [-0.25, -0.2) is 22.9 Å². The summed E-state index contributed by atoms with van der Waals surface area (Å²) < 4.78 is 34.9. The van der Waals surface area contributed by atoms with E-state index in [-0.39, 0.29) is 16.1 Å². The van der Waals surface area contributed by atoms with Crippen LogP contribution in [0.15, 0.2) is 90.2 Å². The summed E-state index contributed by atoms with van der Waals surface area (Å²) in [7, 11) is -2.62. The van der Waals surface area contributed by atoms with Crippen molar-refractivity contribution in [3.63, 3.8) is 0 Å². The number of nitrogens with zero attached hydrogens (tertiary/aromatic N) is 4. The van der Waals surface area contributed by atoms with E-state index >= 15 is 0 Å². The van der Waals surface area contributed by atoms with Gasteiger partial charge >= 0.3 is 5.97 Å². The molecule has 198 valence electrons. The molecule has 0 saturated carbocycles. The Morgan fingerprint density at radius 1 is 1.05 bits per heavy atom. The molecular formula is C28H25N5O5S. The van der Waals surface area contributed by atoms with Crippen molar-refractivity contribution in [2.24, 2.45) is 0 Å². The lowest BCUT2D eigenvalue weighted by Gasteiger charge is -2.22. The van der Waals surface area contributed by atoms with Crippen molar-refractivity contribution in [2.75, 3.05) is 12.4 Å². The molecule has 0 bridgehead atoms. The van der Waals surface area contributed by atoms with Crippen LogP contribution in [0, 0.1) is 0 Å². The van der Waals surface area contributed by atoms with Gasteiger partial charge in [0.2, 0.25) is 9.84 Å². The summed E-state index contributed by atoms with van der Waals surface area (Å²) in [4.78, 5) is 21.0. The fraction of sp³-hybridized carbons (Fsp3) is 0.143. The molecule has 0 saturated heterocycles. The first-order valence-corrected chi connectivity index (χ1v) is 13.6. The van der Waals surface area contributed by atoms with Crippen LogP contribution in [-0.2, 0) is 16.4 Å². The molecule has 1 unspecified atom stereocenters. The van der Waals surface area contributed by atoms with E-state index in [1.54, 1.807) is 28.9 Å². The van der Waals surface area contributed by atoms with Crippen molar-refractivity contribution in [1.82, 2.24) is 19.7 Å². The smallest absolute Gasteiger partial charge is 0.339 e. The molecule has 3 heterocycles. The average molecular weight is 544 g/mol. The third kappa shape index (κ3) is 4.79. The van der Waals surface area contributed by atoms with Crippen LogP contribution in [-0.4, -0.2) is 46.4 Å². The largest absolute Gasteiger partial charge is 0.497 e. The molecule has 3 aromatic heterocycles. The number of sulfone groups is 1. The number of ether oxygens (including phenoxy) is 1. The molecule has 11 heteroatoms. The van der Waals surface area contributed by atoms with Gasteiger partial charge in [0.15, 0.2) is 11.0 Å². The molecule has 0 radical (unpaired) electrons. The highest BCUT2D eigenvalue weighted by Gasteiger charge is 2.33. The van der Waals surface area contributed by atoms with Gasteiger partial charge in [0, 0.05) is 36.3 Å². The van der Waals surface area contributed by atoms with Crippen LogP contribution >= 0.6 is 0 Å². The van der Waals surface area contributed by atoms with Gasteiger partial charge in [-0.15, -0.1) is 0 Å². The number of anilines is 1. The molecule has 0 aliphatic heterocycles. The molecular weight excluding hydrogens is 518 g/mol. The number of benzene rings is 2. The summed E-state index contributed by atoms with van der Waals surface area (Å²) in [6, 6.07) is 18.5. The lowest BCUT2D eigenvalue weighted by atomic mass is 10.1. The molecule has 1 atom stereocenters. The predicted molar refractivity (Wildman–Crippen MR) is 146 cm³/mol. The van der Waals surface area contributed by atoms with Gasteiger partial charge in [-0.05, 0) is 37.3 Å². The molecule has 5 aromatic rings. The fourth-order valence-electron chi connectivity index (χ4n) is 4.37. The Labute approximate surface area is 224 Å². The number of methoxy groups -OCH3 is 1. The molecule has 10 nitrogen and oxygen atoms in total. The van der Waals surface area contributed by atoms with E-state index in [4.69, 9.17) is 9.84 Å². The number of carbonyl (C=O) groups is 1. The number of carboxylic acid groups (broad SMARTS) is 1. The molecule has 2 aromatic carbocycles. The predicted octanol–water partition coefficient (Wildman–Crippen LogP) is 4.80.